The molecule has 24 heavy (non-hydrogen) atoms. The minimum atomic E-state index is -0.513. The molecule has 0 saturated carbocycles. The number of ether oxygens (including phenoxy) is 1. The topological polar surface area (TPSA) is 78.5 Å². The lowest BCUT2D eigenvalue weighted by molar-refractivity contribution is -0.130. The highest BCUT2D eigenvalue weighted by Crippen LogP contribution is 2.32. The van der Waals surface area contributed by atoms with Gasteiger partial charge in [-0.1, -0.05) is 12.1 Å². The molecule has 0 aliphatic carbocycles. The second kappa shape index (κ2) is 5.51. The van der Waals surface area contributed by atoms with Crippen molar-refractivity contribution in [2.24, 2.45) is 0 Å². The lowest BCUT2D eigenvalue weighted by Crippen LogP contribution is -2.39. The minimum absolute atomic E-state index is 0.0814. The molecule has 7 heteroatoms. The van der Waals surface area contributed by atoms with Gasteiger partial charge in [-0.2, -0.15) is 0 Å². The first-order chi connectivity index (χ1) is 11.5. The van der Waals surface area contributed by atoms with Crippen LogP contribution in [0.25, 0.3) is 11.0 Å². The molecule has 2 amide bonds. The Kier molecular flexibility index (Phi) is 3.44. The van der Waals surface area contributed by atoms with Crippen molar-refractivity contribution in [3.8, 4) is 0 Å². The van der Waals surface area contributed by atoms with Crippen LogP contribution in [0.5, 0.6) is 0 Å². The lowest BCUT2D eigenvalue weighted by atomic mass is 10.0. The number of nitrogens with one attached hydrogen (secondary N) is 1. The SMILES string of the molecule is CN1C[C@@]2(CCN(C(=O)CCc3nc4ccccc4[nH]3)C2)OC1=O. The molecule has 2 aromatic rings. The van der Waals surface area contributed by atoms with Crippen molar-refractivity contribution in [3.05, 3.63) is 30.1 Å². The van der Waals surface area contributed by atoms with E-state index in [9.17, 15) is 9.59 Å². The Labute approximate surface area is 139 Å². The molecular weight excluding hydrogens is 308 g/mol. The average Bonchev–Trinajstić information content (AvgIpc) is 3.23. The van der Waals surface area contributed by atoms with E-state index in [-0.39, 0.29) is 12.0 Å². The normalized spacial score (nSPS) is 23.5. The summed E-state index contributed by atoms with van der Waals surface area (Å²) in [6, 6.07) is 7.83. The number of aromatic nitrogens is 2. The molecule has 1 spiro atoms. The van der Waals surface area contributed by atoms with Gasteiger partial charge in [0, 0.05) is 32.9 Å². The van der Waals surface area contributed by atoms with Crippen molar-refractivity contribution in [3.63, 3.8) is 0 Å². The van der Waals surface area contributed by atoms with Gasteiger partial charge in [0.1, 0.15) is 5.82 Å². The van der Waals surface area contributed by atoms with Crippen molar-refractivity contribution in [1.29, 1.82) is 0 Å². The van der Waals surface area contributed by atoms with Crippen LogP contribution >= 0.6 is 0 Å². The number of likely N-dealkylation sites (tertiary alicyclic amines) is 1. The molecule has 1 aromatic carbocycles. The molecule has 1 atom stereocenters. The van der Waals surface area contributed by atoms with Crippen LogP contribution in [0.2, 0.25) is 0 Å². The average molecular weight is 328 g/mol. The molecule has 126 valence electrons. The van der Waals surface area contributed by atoms with Crippen LogP contribution in [-0.4, -0.2) is 64.1 Å². The summed E-state index contributed by atoms with van der Waals surface area (Å²) in [6.07, 6.45) is 1.39. The zero-order valence-electron chi connectivity index (χ0n) is 13.6. The van der Waals surface area contributed by atoms with E-state index in [0.29, 0.717) is 38.9 Å². The van der Waals surface area contributed by atoms with Crippen molar-refractivity contribution in [2.75, 3.05) is 26.7 Å². The molecule has 2 aliphatic rings. The molecular formula is C17H20N4O3. The lowest BCUT2D eigenvalue weighted by Gasteiger charge is -2.21. The van der Waals surface area contributed by atoms with Gasteiger partial charge in [-0.25, -0.2) is 9.78 Å². The monoisotopic (exact) mass is 328 g/mol. The summed E-state index contributed by atoms with van der Waals surface area (Å²) in [4.78, 5) is 35.2. The highest BCUT2D eigenvalue weighted by atomic mass is 16.6. The van der Waals surface area contributed by atoms with Gasteiger partial charge in [0.2, 0.25) is 5.91 Å². The van der Waals surface area contributed by atoms with Gasteiger partial charge in [-0.3, -0.25) is 4.79 Å². The summed E-state index contributed by atoms with van der Waals surface area (Å²) < 4.78 is 5.48. The maximum absolute atomic E-state index is 12.5. The molecule has 7 nitrogen and oxygen atoms in total. The number of H-pyrrole nitrogens is 1. The van der Waals surface area contributed by atoms with Gasteiger partial charge in [0.05, 0.1) is 24.1 Å². The van der Waals surface area contributed by atoms with Crippen LogP contribution in [-0.2, 0) is 16.0 Å². The molecule has 0 bridgehead atoms. The number of benzene rings is 1. The maximum Gasteiger partial charge on any atom is 0.410 e. The smallest absolute Gasteiger partial charge is 0.410 e. The van der Waals surface area contributed by atoms with Crippen LogP contribution in [0.3, 0.4) is 0 Å². The second-order valence-electron chi connectivity index (χ2n) is 6.67. The highest BCUT2D eigenvalue weighted by Gasteiger charge is 2.49. The third kappa shape index (κ3) is 2.60. The van der Waals surface area contributed by atoms with E-state index in [2.05, 4.69) is 9.97 Å². The number of aromatic amines is 1. The van der Waals surface area contributed by atoms with E-state index in [0.717, 1.165) is 16.9 Å². The number of imidazole rings is 1. The fourth-order valence-corrected chi connectivity index (χ4v) is 3.57. The van der Waals surface area contributed by atoms with Gasteiger partial charge in [-0.05, 0) is 12.1 Å². The zero-order valence-corrected chi connectivity index (χ0v) is 13.6. The fraction of sp³-hybridized carbons (Fsp3) is 0.471. The second-order valence-corrected chi connectivity index (χ2v) is 6.67. The Morgan fingerprint density at radius 3 is 2.96 bits per heavy atom. The summed E-state index contributed by atoms with van der Waals surface area (Å²) >= 11 is 0. The molecule has 2 fully saturated rings. The number of likely N-dealkylation sites (N-methyl/N-ethyl adjacent to an activating group) is 1. The molecule has 3 heterocycles. The number of fused-ring (bicyclic) bond motifs is 1. The quantitative estimate of drug-likeness (QED) is 0.927. The molecule has 1 aromatic heterocycles. The number of hydrogen-bond donors (Lipinski definition) is 1. The Bertz CT molecular complexity index is 769. The fourth-order valence-electron chi connectivity index (χ4n) is 3.57. The summed E-state index contributed by atoms with van der Waals surface area (Å²) in [6.45, 7) is 1.68. The summed E-state index contributed by atoms with van der Waals surface area (Å²) in [5, 5.41) is 0. The highest BCUT2D eigenvalue weighted by molar-refractivity contribution is 5.78. The number of aryl methyl sites for hydroxylation is 1. The van der Waals surface area contributed by atoms with Gasteiger partial charge in [0.15, 0.2) is 5.60 Å². The van der Waals surface area contributed by atoms with Gasteiger partial charge < -0.3 is 19.5 Å². The van der Waals surface area contributed by atoms with Gasteiger partial charge >= 0.3 is 6.09 Å². The Balaban J connectivity index is 1.36. The van der Waals surface area contributed by atoms with E-state index in [1.807, 2.05) is 24.3 Å². The first kappa shape index (κ1) is 15.0. The summed E-state index contributed by atoms with van der Waals surface area (Å²) in [5.41, 5.74) is 1.39. The van der Waals surface area contributed by atoms with Crippen LogP contribution < -0.4 is 0 Å². The van der Waals surface area contributed by atoms with Crippen LogP contribution in [0, 0.1) is 0 Å². The van der Waals surface area contributed by atoms with Gasteiger partial charge in [0.25, 0.3) is 0 Å². The predicted molar refractivity (Wildman–Crippen MR) is 87.5 cm³/mol. The number of carbonyl (C=O) groups is 2. The first-order valence-corrected chi connectivity index (χ1v) is 8.20. The summed E-state index contributed by atoms with van der Waals surface area (Å²) in [5.74, 6) is 0.906. The zero-order chi connectivity index (χ0) is 16.7. The van der Waals surface area contributed by atoms with Crippen molar-refractivity contribution >= 4 is 23.0 Å². The van der Waals surface area contributed by atoms with Crippen LogP contribution in [0.1, 0.15) is 18.7 Å². The number of nitrogens with zero attached hydrogens (tertiary/aromatic N) is 3. The van der Waals surface area contributed by atoms with Gasteiger partial charge in [-0.15, -0.1) is 0 Å². The molecule has 0 radical (unpaired) electrons. The van der Waals surface area contributed by atoms with E-state index < -0.39 is 5.60 Å². The summed E-state index contributed by atoms with van der Waals surface area (Å²) in [7, 11) is 1.73. The first-order valence-electron chi connectivity index (χ1n) is 8.20. The van der Waals surface area contributed by atoms with E-state index in [4.69, 9.17) is 4.74 Å². The third-order valence-corrected chi connectivity index (χ3v) is 4.82. The molecule has 2 saturated heterocycles. The number of hydrogen-bond acceptors (Lipinski definition) is 4. The third-order valence-electron chi connectivity index (χ3n) is 4.82. The van der Waals surface area contributed by atoms with E-state index in [1.165, 1.54) is 0 Å². The predicted octanol–water partition coefficient (Wildman–Crippen LogP) is 1.55. The Hall–Kier alpha value is -2.57. The number of carbonyl (C=O) groups excluding carboxylic acids is 2. The minimum Gasteiger partial charge on any atom is -0.439 e. The molecule has 2 aliphatic heterocycles. The molecule has 4 rings (SSSR count). The molecule has 0 unspecified atom stereocenters. The number of rotatable bonds is 3. The molecule has 1 N–H and O–H groups in total. The Morgan fingerprint density at radius 2 is 2.21 bits per heavy atom. The Morgan fingerprint density at radius 1 is 1.38 bits per heavy atom. The number of amides is 2. The van der Waals surface area contributed by atoms with E-state index in [1.54, 1.807) is 16.8 Å². The van der Waals surface area contributed by atoms with Crippen LogP contribution in [0.15, 0.2) is 24.3 Å². The maximum atomic E-state index is 12.5. The van der Waals surface area contributed by atoms with E-state index >= 15 is 0 Å². The van der Waals surface area contributed by atoms with Crippen LogP contribution in [0.4, 0.5) is 4.79 Å². The standard InChI is InChI=1S/C17H20N4O3/c1-20-10-17(24-16(20)23)8-9-21(11-17)15(22)7-6-14-18-12-4-2-3-5-13(12)19-14/h2-5H,6-11H2,1H3,(H,18,19)/t17-/m1/s1. The van der Waals surface area contributed by atoms with Crippen molar-refractivity contribution in [1.82, 2.24) is 19.8 Å². The largest absolute Gasteiger partial charge is 0.439 e. The van der Waals surface area contributed by atoms with Crippen molar-refractivity contribution in [2.45, 2.75) is 24.9 Å². The number of para-hydroxylation sites is 2. The van der Waals surface area contributed by atoms with Crippen molar-refractivity contribution < 1.29 is 14.3 Å².